The van der Waals surface area contributed by atoms with Crippen molar-refractivity contribution in [1.82, 2.24) is 10.6 Å². The first-order chi connectivity index (χ1) is 13.2. The smallest absolute Gasteiger partial charge is 0.384 e. The first-order valence-electron chi connectivity index (χ1n) is 8.86. The largest absolute Gasteiger partial charge is 0.411 e. The standard InChI is InChI=1S/C17H23F3N2O7/c1-9-5-6-26-17(10(23)14(4)7-27-13(2,3)29-14)12(25)21-16(9,11(24)22-17)28-8-15(18,19)20/h10,23H,1,5-8H2,2-4H3,(H,21,25)(H,22,24)/t10-,14-,16+,17-/m0/s1. The molecule has 4 aliphatic heterocycles. The van der Waals surface area contributed by atoms with E-state index in [1.54, 1.807) is 13.8 Å². The van der Waals surface area contributed by atoms with Crippen LogP contribution in [0.2, 0.25) is 0 Å². The Balaban J connectivity index is 1.95. The highest BCUT2D eigenvalue weighted by Gasteiger charge is 2.66. The number of aliphatic hydroxyl groups excluding tert-OH is 1. The van der Waals surface area contributed by atoms with Gasteiger partial charge in [-0.2, -0.15) is 13.2 Å². The van der Waals surface area contributed by atoms with Crippen molar-refractivity contribution < 1.29 is 46.8 Å². The number of amides is 2. The fourth-order valence-electron chi connectivity index (χ4n) is 3.65. The highest BCUT2D eigenvalue weighted by Crippen LogP contribution is 2.40. The Morgan fingerprint density at radius 2 is 1.86 bits per heavy atom. The van der Waals surface area contributed by atoms with Gasteiger partial charge in [0.1, 0.15) is 18.3 Å². The van der Waals surface area contributed by atoms with E-state index in [2.05, 4.69) is 17.2 Å². The predicted octanol–water partition coefficient (Wildman–Crippen LogP) is 0.0829. The zero-order valence-electron chi connectivity index (χ0n) is 16.1. The lowest BCUT2D eigenvalue weighted by molar-refractivity contribution is -0.249. The van der Waals surface area contributed by atoms with Crippen molar-refractivity contribution in [1.29, 1.82) is 0 Å². The summed E-state index contributed by atoms with van der Waals surface area (Å²) in [6.07, 6.45) is -6.60. The number of rotatable bonds is 4. The second-order valence-electron chi connectivity index (χ2n) is 7.94. The highest BCUT2D eigenvalue weighted by atomic mass is 19.4. The van der Waals surface area contributed by atoms with E-state index in [1.165, 1.54) is 6.92 Å². The Morgan fingerprint density at radius 3 is 2.41 bits per heavy atom. The molecule has 0 aliphatic carbocycles. The van der Waals surface area contributed by atoms with E-state index < -0.39 is 53.5 Å². The quantitative estimate of drug-likeness (QED) is 0.548. The number of carbonyl (C=O) groups is 2. The molecule has 29 heavy (non-hydrogen) atoms. The van der Waals surface area contributed by atoms with Gasteiger partial charge in [0, 0.05) is 0 Å². The summed E-state index contributed by atoms with van der Waals surface area (Å²) in [5, 5.41) is 15.3. The molecule has 9 nitrogen and oxygen atoms in total. The van der Waals surface area contributed by atoms with E-state index in [0.717, 1.165) is 0 Å². The van der Waals surface area contributed by atoms with Gasteiger partial charge in [-0.15, -0.1) is 0 Å². The van der Waals surface area contributed by atoms with Crippen molar-refractivity contribution in [3.63, 3.8) is 0 Å². The van der Waals surface area contributed by atoms with E-state index >= 15 is 0 Å². The van der Waals surface area contributed by atoms with Crippen LogP contribution >= 0.6 is 0 Å². The maximum absolute atomic E-state index is 13.0. The summed E-state index contributed by atoms with van der Waals surface area (Å²) in [4.78, 5) is 25.8. The molecule has 0 aromatic carbocycles. The fraction of sp³-hybridized carbons (Fsp3) is 0.765. The molecule has 4 aliphatic rings. The number of ether oxygens (including phenoxy) is 4. The molecular weight excluding hydrogens is 401 g/mol. The van der Waals surface area contributed by atoms with Crippen molar-refractivity contribution in [2.24, 2.45) is 0 Å². The van der Waals surface area contributed by atoms with Gasteiger partial charge < -0.3 is 34.7 Å². The van der Waals surface area contributed by atoms with E-state index in [4.69, 9.17) is 18.9 Å². The molecule has 4 rings (SSSR count). The van der Waals surface area contributed by atoms with Crippen LogP contribution in [0.15, 0.2) is 12.2 Å². The molecule has 0 aromatic rings. The number of aliphatic hydroxyl groups is 1. The average Bonchev–Trinajstić information content (AvgIpc) is 2.88. The van der Waals surface area contributed by atoms with Crippen molar-refractivity contribution >= 4 is 11.8 Å². The van der Waals surface area contributed by atoms with Gasteiger partial charge in [0.25, 0.3) is 17.5 Å². The number of carbonyl (C=O) groups excluding carboxylic acids is 2. The van der Waals surface area contributed by atoms with E-state index in [0.29, 0.717) is 0 Å². The number of fused-ring (bicyclic) bond motifs is 5. The molecule has 164 valence electrons. The number of hydrogen-bond donors (Lipinski definition) is 3. The summed E-state index contributed by atoms with van der Waals surface area (Å²) in [6.45, 7) is 6.09. The summed E-state index contributed by atoms with van der Waals surface area (Å²) >= 11 is 0. The number of nitrogens with one attached hydrogen (secondary N) is 2. The minimum Gasteiger partial charge on any atom is -0.384 e. The summed E-state index contributed by atoms with van der Waals surface area (Å²) < 4.78 is 59.6. The van der Waals surface area contributed by atoms with E-state index in [1.807, 2.05) is 0 Å². The molecule has 0 radical (unpaired) electrons. The van der Waals surface area contributed by atoms with Crippen molar-refractivity contribution in [2.75, 3.05) is 19.8 Å². The van der Waals surface area contributed by atoms with E-state index in [-0.39, 0.29) is 25.2 Å². The second kappa shape index (κ2) is 6.64. The van der Waals surface area contributed by atoms with Gasteiger partial charge in [-0.25, -0.2) is 0 Å². The Morgan fingerprint density at radius 1 is 1.21 bits per heavy atom. The third kappa shape index (κ3) is 3.63. The van der Waals surface area contributed by atoms with Crippen LogP contribution in [0, 0.1) is 0 Å². The molecule has 4 fully saturated rings. The fourth-order valence-corrected chi connectivity index (χ4v) is 3.65. The SMILES string of the molecule is C=C1CCO[C@]2([C@@H](O)[C@]3(C)COC(C)(C)O3)NC(=O)[C@@]1(OCC(F)(F)F)NC2=O. The van der Waals surface area contributed by atoms with Crippen LogP contribution in [0.1, 0.15) is 27.2 Å². The lowest BCUT2D eigenvalue weighted by Gasteiger charge is -2.51. The second-order valence-corrected chi connectivity index (χ2v) is 7.94. The summed E-state index contributed by atoms with van der Waals surface area (Å²) in [5.74, 6) is -3.31. The Bertz CT molecular complexity index is 743. The lowest BCUT2D eigenvalue weighted by Crippen LogP contribution is -2.83. The number of piperazine rings is 1. The lowest BCUT2D eigenvalue weighted by atomic mass is 9.85. The Kier molecular flexibility index (Phi) is 5.03. The van der Waals surface area contributed by atoms with Gasteiger partial charge in [-0.05, 0) is 32.8 Å². The highest BCUT2D eigenvalue weighted by molar-refractivity contribution is 6.03. The molecule has 0 unspecified atom stereocenters. The van der Waals surface area contributed by atoms with Crippen LogP contribution in [-0.2, 0) is 28.5 Å². The van der Waals surface area contributed by atoms with Crippen LogP contribution < -0.4 is 10.6 Å². The Labute approximate surface area is 164 Å². The molecule has 3 N–H and O–H groups in total. The van der Waals surface area contributed by atoms with E-state index in [9.17, 15) is 27.9 Å². The van der Waals surface area contributed by atoms with Gasteiger partial charge in [-0.1, -0.05) is 6.58 Å². The minimum atomic E-state index is -4.75. The molecule has 4 atom stereocenters. The molecule has 0 spiro atoms. The average molecular weight is 424 g/mol. The van der Waals surface area contributed by atoms with Gasteiger partial charge in [0.2, 0.25) is 5.72 Å². The summed E-state index contributed by atoms with van der Waals surface area (Å²) in [5.41, 5.74) is -6.34. The summed E-state index contributed by atoms with van der Waals surface area (Å²) in [6, 6.07) is 0. The van der Waals surface area contributed by atoms with Crippen LogP contribution in [0.25, 0.3) is 0 Å². The Hall–Kier alpha value is -1.73. The number of halogens is 3. The molecule has 4 heterocycles. The molecule has 12 heteroatoms. The molecule has 2 amide bonds. The first-order valence-corrected chi connectivity index (χ1v) is 8.86. The van der Waals surface area contributed by atoms with Gasteiger partial charge in [-0.3, -0.25) is 9.59 Å². The molecule has 2 bridgehead atoms. The van der Waals surface area contributed by atoms with Gasteiger partial charge in [0.15, 0.2) is 5.79 Å². The first kappa shape index (κ1) is 22.0. The van der Waals surface area contributed by atoms with Gasteiger partial charge in [0.05, 0.1) is 13.2 Å². The molecule has 4 saturated heterocycles. The topological polar surface area (TPSA) is 115 Å². The third-order valence-corrected chi connectivity index (χ3v) is 5.08. The molecule has 0 saturated carbocycles. The van der Waals surface area contributed by atoms with Crippen LogP contribution in [0.3, 0.4) is 0 Å². The minimum absolute atomic E-state index is 0.0976. The predicted molar refractivity (Wildman–Crippen MR) is 89.0 cm³/mol. The maximum Gasteiger partial charge on any atom is 0.411 e. The van der Waals surface area contributed by atoms with Crippen LogP contribution in [-0.4, -0.2) is 71.9 Å². The normalized spacial score (nSPS) is 38.2. The van der Waals surface area contributed by atoms with Crippen LogP contribution in [0.5, 0.6) is 0 Å². The van der Waals surface area contributed by atoms with Crippen molar-refractivity contribution in [2.45, 2.75) is 62.3 Å². The zero-order chi connectivity index (χ0) is 21.9. The maximum atomic E-state index is 13.0. The van der Waals surface area contributed by atoms with Crippen molar-refractivity contribution in [3.05, 3.63) is 12.2 Å². The summed E-state index contributed by atoms with van der Waals surface area (Å²) in [7, 11) is 0. The number of alkyl halides is 3. The zero-order valence-corrected chi connectivity index (χ0v) is 16.1. The third-order valence-electron chi connectivity index (χ3n) is 5.08. The van der Waals surface area contributed by atoms with Gasteiger partial charge >= 0.3 is 6.18 Å². The molecule has 0 aromatic heterocycles. The monoisotopic (exact) mass is 424 g/mol. The van der Waals surface area contributed by atoms with Crippen molar-refractivity contribution in [3.8, 4) is 0 Å². The van der Waals surface area contributed by atoms with Crippen LogP contribution in [0.4, 0.5) is 13.2 Å². The number of hydrogen-bond acceptors (Lipinski definition) is 7. The molecular formula is C17H23F3N2O7.